The van der Waals surface area contributed by atoms with Gasteiger partial charge < -0.3 is 4.74 Å². The first-order chi connectivity index (χ1) is 9.97. The molecule has 0 bridgehead atoms. The van der Waals surface area contributed by atoms with Gasteiger partial charge in [-0.25, -0.2) is 0 Å². The molecule has 21 heavy (non-hydrogen) atoms. The number of Topliss-reactive ketones (excluding diaryl/α,β-unsaturated/α-hetero) is 1. The van der Waals surface area contributed by atoms with Crippen LogP contribution in [0.3, 0.4) is 0 Å². The summed E-state index contributed by atoms with van der Waals surface area (Å²) in [6.45, 7) is 4.62. The number of nitrogens with zero attached hydrogens (tertiary/aromatic N) is 1. The van der Waals surface area contributed by atoms with E-state index < -0.39 is 4.92 Å². The molecule has 0 saturated carbocycles. The zero-order chi connectivity index (χ0) is 15.1. The minimum absolute atomic E-state index is 0.0151. The summed E-state index contributed by atoms with van der Waals surface area (Å²) >= 11 is 0. The van der Waals surface area contributed by atoms with Crippen molar-refractivity contribution in [2.75, 3.05) is 6.61 Å². The van der Waals surface area contributed by atoms with Crippen LogP contribution in [0.25, 0.3) is 5.57 Å². The highest BCUT2D eigenvalue weighted by atomic mass is 16.6. The van der Waals surface area contributed by atoms with Gasteiger partial charge in [0.05, 0.1) is 17.6 Å². The van der Waals surface area contributed by atoms with Crippen LogP contribution in [0, 0.1) is 16.0 Å². The molecule has 0 aromatic heterocycles. The number of ketones is 1. The van der Waals surface area contributed by atoms with Crippen molar-refractivity contribution in [2.45, 2.75) is 32.8 Å². The van der Waals surface area contributed by atoms with E-state index in [1.54, 1.807) is 6.07 Å². The second-order valence-corrected chi connectivity index (χ2v) is 5.97. The van der Waals surface area contributed by atoms with Crippen LogP contribution in [-0.4, -0.2) is 23.4 Å². The van der Waals surface area contributed by atoms with Gasteiger partial charge in [0.15, 0.2) is 5.78 Å². The summed E-state index contributed by atoms with van der Waals surface area (Å²) in [5.74, 6) is 0.434. The molecule has 0 spiro atoms. The molecule has 0 saturated heterocycles. The smallest absolute Gasteiger partial charge is 0.270 e. The lowest BCUT2D eigenvalue weighted by molar-refractivity contribution is -0.384. The number of carbonyl (C=O) groups is 1. The number of benzene rings is 1. The number of non-ortho nitro benzene ring substituents is 1. The monoisotopic (exact) mass is 287 g/mol. The van der Waals surface area contributed by atoms with E-state index in [9.17, 15) is 14.9 Å². The highest BCUT2D eigenvalue weighted by Gasteiger charge is 2.32. The Morgan fingerprint density at radius 2 is 2.10 bits per heavy atom. The number of hydrogen-bond donors (Lipinski definition) is 0. The van der Waals surface area contributed by atoms with Crippen LogP contribution in [0.15, 0.2) is 23.8 Å². The molecule has 1 aromatic carbocycles. The topological polar surface area (TPSA) is 69.4 Å². The Morgan fingerprint density at radius 3 is 2.76 bits per heavy atom. The van der Waals surface area contributed by atoms with E-state index >= 15 is 0 Å². The van der Waals surface area contributed by atoms with Gasteiger partial charge in [0.25, 0.3) is 5.69 Å². The molecule has 0 fully saturated rings. The fourth-order valence-electron chi connectivity index (χ4n) is 3.02. The zero-order valence-corrected chi connectivity index (χ0v) is 12.1. The maximum Gasteiger partial charge on any atom is 0.270 e. The molecule has 5 nitrogen and oxygen atoms in total. The molecule has 0 N–H and O–H groups in total. The summed E-state index contributed by atoms with van der Waals surface area (Å²) in [5.41, 5.74) is 3.31. The average Bonchev–Trinajstić information content (AvgIpc) is 2.46. The van der Waals surface area contributed by atoms with E-state index in [1.807, 2.05) is 0 Å². The van der Waals surface area contributed by atoms with Crippen molar-refractivity contribution in [3.63, 3.8) is 0 Å². The first-order valence-corrected chi connectivity index (χ1v) is 7.12. The number of ether oxygens (including phenoxy) is 1. The molecule has 1 aromatic rings. The molecule has 1 aliphatic carbocycles. The molecule has 1 unspecified atom stereocenters. The van der Waals surface area contributed by atoms with Crippen LogP contribution in [0.2, 0.25) is 0 Å². The van der Waals surface area contributed by atoms with Gasteiger partial charge in [0.2, 0.25) is 0 Å². The van der Waals surface area contributed by atoms with Crippen LogP contribution in [0.4, 0.5) is 5.69 Å². The maximum atomic E-state index is 12.3. The SMILES string of the molecule is CC(C)C1CC2=C(CO1)c1cc([N+](=O)[O-])ccc1C(=O)C2. The number of carbonyl (C=O) groups excluding carboxylic acids is 1. The Hall–Kier alpha value is -2.01. The van der Waals surface area contributed by atoms with Gasteiger partial charge in [-0.3, -0.25) is 14.9 Å². The molecule has 1 heterocycles. The molecule has 1 aliphatic heterocycles. The third-order valence-electron chi connectivity index (χ3n) is 4.27. The van der Waals surface area contributed by atoms with Crippen LogP contribution in [0.5, 0.6) is 0 Å². The van der Waals surface area contributed by atoms with Crippen molar-refractivity contribution in [1.29, 1.82) is 0 Å². The van der Waals surface area contributed by atoms with Gasteiger partial charge in [-0.2, -0.15) is 0 Å². The fraction of sp³-hybridized carbons (Fsp3) is 0.438. The number of hydrogen-bond acceptors (Lipinski definition) is 4. The Balaban J connectivity index is 2.06. The van der Waals surface area contributed by atoms with E-state index in [4.69, 9.17) is 4.74 Å². The third-order valence-corrected chi connectivity index (χ3v) is 4.27. The molecule has 1 atom stereocenters. The second kappa shape index (κ2) is 5.07. The molecule has 3 rings (SSSR count). The number of nitro benzene ring substituents is 1. The van der Waals surface area contributed by atoms with E-state index in [0.717, 1.165) is 17.6 Å². The van der Waals surface area contributed by atoms with E-state index in [-0.39, 0.29) is 17.6 Å². The maximum absolute atomic E-state index is 12.3. The minimum Gasteiger partial charge on any atom is -0.373 e. The van der Waals surface area contributed by atoms with Crippen LogP contribution >= 0.6 is 0 Å². The number of nitro groups is 1. The highest BCUT2D eigenvalue weighted by molar-refractivity contribution is 6.06. The highest BCUT2D eigenvalue weighted by Crippen LogP contribution is 2.39. The standard InChI is InChI=1S/C16H17NO4/c1-9(2)16-6-10-5-15(18)12-4-3-11(17(19)20)7-13(12)14(10)8-21-16/h3-4,7,9,16H,5-6,8H2,1-2H3. The van der Waals surface area contributed by atoms with Crippen LogP contribution < -0.4 is 0 Å². The van der Waals surface area contributed by atoms with E-state index in [1.165, 1.54) is 12.1 Å². The fourth-order valence-corrected chi connectivity index (χ4v) is 3.02. The minimum atomic E-state index is -0.430. The molecule has 2 aliphatic rings. The van der Waals surface area contributed by atoms with Crippen molar-refractivity contribution in [3.05, 3.63) is 45.0 Å². The van der Waals surface area contributed by atoms with Gasteiger partial charge in [-0.15, -0.1) is 0 Å². The van der Waals surface area contributed by atoms with Crippen molar-refractivity contribution < 1.29 is 14.5 Å². The summed E-state index contributed by atoms with van der Waals surface area (Å²) in [6.07, 6.45) is 1.27. The summed E-state index contributed by atoms with van der Waals surface area (Å²) < 4.78 is 5.86. The predicted molar refractivity (Wildman–Crippen MR) is 78.2 cm³/mol. The normalized spacial score (nSPS) is 21.3. The summed E-state index contributed by atoms with van der Waals surface area (Å²) in [6, 6.07) is 4.46. The third kappa shape index (κ3) is 2.38. The summed E-state index contributed by atoms with van der Waals surface area (Å²) in [4.78, 5) is 22.8. The lowest BCUT2D eigenvalue weighted by Crippen LogP contribution is -2.29. The van der Waals surface area contributed by atoms with Crippen molar-refractivity contribution in [2.24, 2.45) is 5.92 Å². The van der Waals surface area contributed by atoms with Gasteiger partial charge in [0, 0.05) is 24.1 Å². The molecular weight excluding hydrogens is 270 g/mol. The van der Waals surface area contributed by atoms with E-state index in [0.29, 0.717) is 30.1 Å². The van der Waals surface area contributed by atoms with E-state index in [2.05, 4.69) is 13.8 Å². The molecular formula is C16H17NO4. The molecule has 110 valence electrons. The van der Waals surface area contributed by atoms with Gasteiger partial charge in [0.1, 0.15) is 0 Å². The Labute approximate surface area is 122 Å². The Kier molecular flexibility index (Phi) is 3.37. The number of fused-ring (bicyclic) bond motifs is 2. The van der Waals surface area contributed by atoms with Gasteiger partial charge >= 0.3 is 0 Å². The summed E-state index contributed by atoms with van der Waals surface area (Å²) in [7, 11) is 0. The molecule has 0 radical (unpaired) electrons. The van der Waals surface area contributed by atoms with Crippen LogP contribution in [-0.2, 0) is 4.74 Å². The lowest BCUT2D eigenvalue weighted by atomic mass is 9.80. The quantitative estimate of drug-likeness (QED) is 0.617. The largest absolute Gasteiger partial charge is 0.373 e. The van der Waals surface area contributed by atoms with Crippen LogP contribution in [0.1, 0.15) is 42.6 Å². The average molecular weight is 287 g/mol. The van der Waals surface area contributed by atoms with Crippen molar-refractivity contribution >= 4 is 17.0 Å². The second-order valence-electron chi connectivity index (χ2n) is 5.97. The lowest BCUT2D eigenvalue weighted by Gasteiger charge is -2.33. The zero-order valence-electron chi connectivity index (χ0n) is 12.1. The Bertz CT molecular complexity index is 660. The molecule has 0 amide bonds. The van der Waals surface area contributed by atoms with Gasteiger partial charge in [-0.1, -0.05) is 19.4 Å². The molecule has 5 heteroatoms. The number of rotatable bonds is 2. The van der Waals surface area contributed by atoms with Crippen molar-refractivity contribution in [3.8, 4) is 0 Å². The Morgan fingerprint density at radius 1 is 1.33 bits per heavy atom. The summed E-state index contributed by atoms with van der Waals surface area (Å²) in [5, 5.41) is 10.9. The van der Waals surface area contributed by atoms with Crippen molar-refractivity contribution in [1.82, 2.24) is 0 Å². The first kappa shape index (κ1) is 13.9. The predicted octanol–water partition coefficient (Wildman–Crippen LogP) is 3.38. The first-order valence-electron chi connectivity index (χ1n) is 7.12. The van der Waals surface area contributed by atoms with Gasteiger partial charge in [-0.05, 0) is 29.5 Å².